The zero-order valence-electron chi connectivity index (χ0n) is 15.5. The molecule has 1 aromatic heterocycles. The summed E-state index contributed by atoms with van der Waals surface area (Å²) in [6.45, 7) is 0.459. The first kappa shape index (κ1) is 19.1. The summed E-state index contributed by atoms with van der Waals surface area (Å²) in [6.07, 6.45) is 3.00. The largest absolute Gasteiger partial charge is 0.368 e. The molecule has 1 saturated heterocycles. The molecule has 0 aliphatic carbocycles. The molecule has 9 nitrogen and oxygen atoms in total. The molecule has 2 aromatic rings. The Hall–Kier alpha value is -3.27. The third kappa shape index (κ3) is 3.83. The fourth-order valence-electron chi connectivity index (χ4n) is 3.60. The molecular formula is C19H20N6O3S. The van der Waals surface area contributed by atoms with Gasteiger partial charge in [-0.05, 0) is 25.0 Å². The van der Waals surface area contributed by atoms with Crippen LogP contribution >= 0.6 is 11.3 Å². The molecule has 0 unspecified atom stereocenters. The molecule has 1 fully saturated rings. The molecule has 150 valence electrons. The predicted octanol–water partition coefficient (Wildman–Crippen LogP) is 1.19. The summed E-state index contributed by atoms with van der Waals surface area (Å²) in [6, 6.07) is 7.77. The van der Waals surface area contributed by atoms with Crippen LogP contribution in [0.25, 0.3) is 0 Å². The van der Waals surface area contributed by atoms with E-state index >= 15 is 0 Å². The van der Waals surface area contributed by atoms with Crippen LogP contribution in [0.4, 0.5) is 10.8 Å². The van der Waals surface area contributed by atoms with Gasteiger partial charge < -0.3 is 16.0 Å². The molecule has 1 aromatic carbocycles. The van der Waals surface area contributed by atoms with Crippen LogP contribution in [0.2, 0.25) is 0 Å². The lowest BCUT2D eigenvalue weighted by Crippen LogP contribution is -2.46. The molecule has 2 aliphatic heterocycles. The maximum Gasteiger partial charge on any atom is 0.270 e. The molecule has 4 rings (SSSR count). The van der Waals surface area contributed by atoms with Crippen molar-refractivity contribution in [1.29, 1.82) is 0 Å². The third-order valence-corrected chi connectivity index (χ3v) is 5.67. The number of hydrogen-bond acceptors (Lipinski definition) is 7. The first-order valence-electron chi connectivity index (χ1n) is 9.27. The van der Waals surface area contributed by atoms with Crippen LogP contribution in [0.1, 0.15) is 19.3 Å². The van der Waals surface area contributed by atoms with Crippen molar-refractivity contribution in [2.75, 3.05) is 16.9 Å². The number of carbonyl (C=O) groups excluding carboxylic acids is 3. The van der Waals surface area contributed by atoms with E-state index in [1.807, 2.05) is 18.2 Å². The normalized spacial score (nSPS) is 21.2. The topological polar surface area (TPSA) is 121 Å². The first-order valence-corrected chi connectivity index (χ1v) is 10.1. The SMILES string of the molecule is NC(=O)[C@H]1CC(C(=O)N2CCC[C@H]2C(=O)Nc2nccs2)=NN1c1ccccc1. The Balaban J connectivity index is 1.53. The number of benzene rings is 1. The average Bonchev–Trinajstić information content (AvgIpc) is 3.47. The highest BCUT2D eigenvalue weighted by Gasteiger charge is 2.41. The number of nitrogens with one attached hydrogen (secondary N) is 1. The molecule has 0 bridgehead atoms. The van der Waals surface area contributed by atoms with E-state index in [-0.39, 0.29) is 23.9 Å². The van der Waals surface area contributed by atoms with Gasteiger partial charge in [0.1, 0.15) is 17.8 Å². The number of carbonyl (C=O) groups is 3. The van der Waals surface area contributed by atoms with Crippen LogP contribution in [-0.2, 0) is 14.4 Å². The van der Waals surface area contributed by atoms with Crippen molar-refractivity contribution in [2.45, 2.75) is 31.3 Å². The molecule has 3 amide bonds. The van der Waals surface area contributed by atoms with Crippen molar-refractivity contribution in [1.82, 2.24) is 9.88 Å². The van der Waals surface area contributed by atoms with Gasteiger partial charge >= 0.3 is 0 Å². The van der Waals surface area contributed by atoms with Gasteiger partial charge in [-0.3, -0.25) is 19.4 Å². The Bertz CT molecular complexity index is 946. The van der Waals surface area contributed by atoms with Crippen molar-refractivity contribution in [3.05, 3.63) is 41.9 Å². The summed E-state index contributed by atoms with van der Waals surface area (Å²) in [5, 5.41) is 10.9. The van der Waals surface area contributed by atoms with Gasteiger partial charge in [0.15, 0.2) is 5.13 Å². The van der Waals surface area contributed by atoms with Crippen molar-refractivity contribution < 1.29 is 14.4 Å². The molecule has 3 heterocycles. The van der Waals surface area contributed by atoms with E-state index < -0.39 is 18.0 Å². The highest BCUT2D eigenvalue weighted by atomic mass is 32.1. The summed E-state index contributed by atoms with van der Waals surface area (Å²) in [5.41, 5.74) is 6.45. The monoisotopic (exact) mass is 412 g/mol. The molecule has 3 N–H and O–H groups in total. The summed E-state index contributed by atoms with van der Waals surface area (Å²) in [7, 11) is 0. The van der Waals surface area contributed by atoms with Gasteiger partial charge in [-0.2, -0.15) is 5.10 Å². The van der Waals surface area contributed by atoms with Gasteiger partial charge in [-0.1, -0.05) is 18.2 Å². The number of hydrogen-bond donors (Lipinski definition) is 2. The number of amides is 3. The highest BCUT2D eigenvalue weighted by Crippen LogP contribution is 2.27. The Morgan fingerprint density at radius 3 is 2.66 bits per heavy atom. The number of nitrogens with zero attached hydrogens (tertiary/aromatic N) is 4. The smallest absolute Gasteiger partial charge is 0.270 e. The number of hydrazone groups is 1. The summed E-state index contributed by atoms with van der Waals surface area (Å²) in [5.74, 6) is -1.16. The molecule has 10 heteroatoms. The van der Waals surface area contributed by atoms with Crippen LogP contribution in [0.15, 0.2) is 47.0 Å². The summed E-state index contributed by atoms with van der Waals surface area (Å²) >= 11 is 1.32. The van der Waals surface area contributed by atoms with Crippen LogP contribution in [-0.4, -0.2) is 51.9 Å². The first-order chi connectivity index (χ1) is 14.0. The number of primary amides is 1. The van der Waals surface area contributed by atoms with Gasteiger partial charge in [0.2, 0.25) is 11.8 Å². The lowest BCUT2D eigenvalue weighted by Gasteiger charge is -2.23. The van der Waals surface area contributed by atoms with Gasteiger partial charge in [-0.25, -0.2) is 4.98 Å². The maximum atomic E-state index is 13.1. The Morgan fingerprint density at radius 1 is 1.17 bits per heavy atom. The van der Waals surface area contributed by atoms with Gasteiger partial charge in [0, 0.05) is 24.5 Å². The van der Waals surface area contributed by atoms with Crippen LogP contribution < -0.4 is 16.1 Å². The van der Waals surface area contributed by atoms with Crippen LogP contribution in [0.5, 0.6) is 0 Å². The Morgan fingerprint density at radius 2 is 1.97 bits per heavy atom. The molecule has 0 radical (unpaired) electrons. The number of anilines is 2. The second-order valence-corrected chi connectivity index (χ2v) is 7.73. The molecule has 0 spiro atoms. The molecule has 2 atom stereocenters. The van der Waals surface area contributed by atoms with E-state index in [0.29, 0.717) is 23.8 Å². The van der Waals surface area contributed by atoms with E-state index in [1.54, 1.807) is 23.7 Å². The average molecular weight is 412 g/mol. The standard InChI is InChI=1S/C19H20N6O3S/c20-16(26)15-11-13(23-25(15)12-5-2-1-3-6-12)18(28)24-9-4-7-14(24)17(27)22-19-21-8-10-29-19/h1-3,5-6,8,10,14-15H,4,7,9,11H2,(H2,20,26)(H,21,22,27)/t14-,15+/m0/s1. The fraction of sp³-hybridized carbons (Fsp3) is 0.316. The lowest BCUT2D eigenvalue weighted by atomic mass is 10.1. The third-order valence-electron chi connectivity index (χ3n) is 4.99. The van der Waals surface area contributed by atoms with E-state index in [9.17, 15) is 14.4 Å². The molecule has 0 saturated carbocycles. The van der Waals surface area contributed by atoms with Gasteiger partial charge in [-0.15, -0.1) is 11.3 Å². The molecule has 2 aliphatic rings. The van der Waals surface area contributed by atoms with Gasteiger partial charge in [0.25, 0.3) is 5.91 Å². The van der Waals surface area contributed by atoms with E-state index in [2.05, 4.69) is 15.4 Å². The lowest BCUT2D eigenvalue weighted by molar-refractivity contribution is -0.131. The zero-order valence-corrected chi connectivity index (χ0v) is 16.3. The van der Waals surface area contributed by atoms with Crippen molar-refractivity contribution in [3.8, 4) is 0 Å². The Labute approximate surface area is 171 Å². The quantitative estimate of drug-likeness (QED) is 0.764. The number of thiazole rings is 1. The van der Waals surface area contributed by atoms with E-state index in [4.69, 9.17) is 5.73 Å². The summed E-state index contributed by atoms with van der Waals surface area (Å²) < 4.78 is 0. The van der Waals surface area contributed by atoms with E-state index in [1.165, 1.54) is 21.2 Å². The minimum Gasteiger partial charge on any atom is -0.368 e. The number of aromatic nitrogens is 1. The van der Waals surface area contributed by atoms with Crippen molar-refractivity contribution in [2.24, 2.45) is 10.8 Å². The highest BCUT2D eigenvalue weighted by molar-refractivity contribution is 7.13. The second kappa shape index (κ2) is 8.00. The predicted molar refractivity (Wildman–Crippen MR) is 109 cm³/mol. The number of rotatable bonds is 5. The number of para-hydroxylation sites is 1. The number of nitrogens with two attached hydrogens (primary N) is 1. The second-order valence-electron chi connectivity index (χ2n) is 6.83. The van der Waals surface area contributed by atoms with Crippen LogP contribution in [0, 0.1) is 0 Å². The van der Waals surface area contributed by atoms with Crippen LogP contribution in [0.3, 0.4) is 0 Å². The minimum atomic E-state index is -0.735. The Kier molecular flexibility index (Phi) is 5.26. The zero-order chi connectivity index (χ0) is 20.4. The van der Waals surface area contributed by atoms with E-state index in [0.717, 1.165) is 6.42 Å². The van der Waals surface area contributed by atoms with Gasteiger partial charge in [0.05, 0.1) is 5.69 Å². The molecule has 29 heavy (non-hydrogen) atoms. The maximum absolute atomic E-state index is 13.1. The number of likely N-dealkylation sites (tertiary alicyclic amines) is 1. The van der Waals surface area contributed by atoms with Crippen molar-refractivity contribution in [3.63, 3.8) is 0 Å². The minimum absolute atomic E-state index is 0.111. The van der Waals surface area contributed by atoms with Crippen molar-refractivity contribution >= 4 is 45.6 Å². The summed E-state index contributed by atoms with van der Waals surface area (Å²) in [4.78, 5) is 43.3. The molecular weight excluding hydrogens is 392 g/mol. The fourth-order valence-corrected chi connectivity index (χ4v) is 4.13.